The lowest BCUT2D eigenvalue weighted by atomic mass is 10.1. The SMILES string of the molecule is CCOC(=O)C(=CNc1cccc(-c2ccco2)c1)C(=O)OCC. The van der Waals surface area contributed by atoms with Gasteiger partial charge in [-0.25, -0.2) is 9.59 Å². The van der Waals surface area contributed by atoms with Gasteiger partial charge in [0.1, 0.15) is 5.76 Å². The van der Waals surface area contributed by atoms with Crippen LogP contribution in [0.5, 0.6) is 0 Å². The number of esters is 2. The number of benzene rings is 1. The van der Waals surface area contributed by atoms with Crippen molar-refractivity contribution in [3.63, 3.8) is 0 Å². The molecule has 2 aromatic rings. The fourth-order valence-electron chi connectivity index (χ4n) is 1.98. The molecule has 0 spiro atoms. The number of furan rings is 1. The van der Waals surface area contributed by atoms with E-state index in [4.69, 9.17) is 13.9 Å². The largest absolute Gasteiger partial charge is 0.464 e. The van der Waals surface area contributed by atoms with Crippen molar-refractivity contribution in [2.45, 2.75) is 13.8 Å². The molecule has 6 heteroatoms. The van der Waals surface area contributed by atoms with Crippen LogP contribution >= 0.6 is 0 Å². The molecule has 0 saturated carbocycles. The summed E-state index contributed by atoms with van der Waals surface area (Å²) in [6, 6.07) is 11.0. The number of carbonyl (C=O) groups is 2. The first-order valence-corrected chi connectivity index (χ1v) is 7.60. The van der Waals surface area contributed by atoms with E-state index in [-0.39, 0.29) is 18.8 Å². The highest BCUT2D eigenvalue weighted by Gasteiger charge is 2.20. The lowest BCUT2D eigenvalue weighted by Gasteiger charge is -2.08. The van der Waals surface area contributed by atoms with Crippen molar-refractivity contribution in [3.8, 4) is 11.3 Å². The van der Waals surface area contributed by atoms with Crippen LogP contribution in [0.25, 0.3) is 11.3 Å². The number of rotatable bonds is 7. The van der Waals surface area contributed by atoms with E-state index in [0.717, 1.165) is 11.3 Å². The Morgan fingerprint density at radius 1 is 1.08 bits per heavy atom. The van der Waals surface area contributed by atoms with Crippen LogP contribution in [0.3, 0.4) is 0 Å². The van der Waals surface area contributed by atoms with Gasteiger partial charge in [0.2, 0.25) is 0 Å². The van der Waals surface area contributed by atoms with Gasteiger partial charge in [-0.05, 0) is 38.1 Å². The molecule has 0 bridgehead atoms. The van der Waals surface area contributed by atoms with Crippen LogP contribution in [0, 0.1) is 0 Å². The summed E-state index contributed by atoms with van der Waals surface area (Å²) in [7, 11) is 0. The molecule has 2 rings (SSSR count). The van der Waals surface area contributed by atoms with Crippen molar-refractivity contribution < 1.29 is 23.5 Å². The third-order valence-corrected chi connectivity index (χ3v) is 3.04. The van der Waals surface area contributed by atoms with Crippen molar-refractivity contribution in [1.29, 1.82) is 0 Å². The Morgan fingerprint density at radius 3 is 2.38 bits per heavy atom. The summed E-state index contributed by atoms with van der Waals surface area (Å²) in [4.78, 5) is 23.8. The van der Waals surface area contributed by atoms with Gasteiger partial charge in [0, 0.05) is 17.5 Å². The highest BCUT2D eigenvalue weighted by atomic mass is 16.6. The molecule has 0 aliphatic heterocycles. The zero-order valence-corrected chi connectivity index (χ0v) is 13.6. The molecule has 1 aromatic heterocycles. The first kappa shape index (κ1) is 17.3. The number of nitrogens with one attached hydrogen (secondary N) is 1. The Bertz CT molecular complexity index is 699. The van der Waals surface area contributed by atoms with Crippen molar-refractivity contribution in [1.82, 2.24) is 0 Å². The van der Waals surface area contributed by atoms with Crippen LogP contribution in [0.2, 0.25) is 0 Å². The van der Waals surface area contributed by atoms with Gasteiger partial charge in [0.05, 0.1) is 19.5 Å². The van der Waals surface area contributed by atoms with E-state index in [9.17, 15) is 9.59 Å². The van der Waals surface area contributed by atoms with E-state index >= 15 is 0 Å². The molecule has 0 aliphatic rings. The molecule has 0 radical (unpaired) electrons. The van der Waals surface area contributed by atoms with Crippen LogP contribution in [0.15, 0.2) is 58.9 Å². The van der Waals surface area contributed by atoms with E-state index in [1.54, 1.807) is 32.2 Å². The Labute approximate surface area is 140 Å². The number of carbonyl (C=O) groups excluding carboxylic acids is 2. The Balaban J connectivity index is 2.20. The van der Waals surface area contributed by atoms with Gasteiger partial charge in [0.15, 0.2) is 5.57 Å². The second-order valence-corrected chi connectivity index (χ2v) is 4.70. The fourth-order valence-corrected chi connectivity index (χ4v) is 1.98. The molecule has 6 nitrogen and oxygen atoms in total. The van der Waals surface area contributed by atoms with E-state index in [0.29, 0.717) is 5.69 Å². The van der Waals surface area contributed by atoms with Crippen LogP contribution in [0.4, 0.5) is 5.69 Å². The summed E-state index contributed by atoms with van der Waals surface area (Å²) in [5.74, 6) is -0.741. The maximum Gasteiger partial charge on any atom is 0.347 e. The van der Waals surface area contributed by atoms with Crippen LogP contribution < -0.4 is 5.32 Å². The average Bonchev–Trinajstić information content (AvgIpc) is 3.10. The molecule has 1 heterocycles. The molecule has 1 aromatic carbocycles. The third kappa shape index (κ3) is 4.49. The molecule has 0 fully saturated rings. The molecule has 0 atom stereocenters. The van der Waals surface area contributed by atoms with Gasteiger partial charge < -0.3 is 19.2 Å². The normalized spacial score (nSPS) is 9.92. The van der Waals surface area contributed by atoms with E-state index < -0.39 is 11.9 Å². The lowest BCUT2D eigenvalue weighted by molar-refractivity contribution is -0.146. The molecule has 0 amide bonds. The van der Waals surface area contributed by atoms with Crippen molar-refractivity contribution in [2.24, 2.45) is 0 Å². The van der Waals surface area contributed by atoms with Crippen molar-refractivity contribution in [3.05, 3.63) is 54.4 Å². The highest BCUT2D eigenvalue weighted by molar-refractivity contribution is 6.14. The number of anilines is 1. The second kappa shape index (κ2) is 8.57. The van der Waals surface area contributed by atoms with Crippen LogP contribution in [0.1, 0.15) is 13.8 Å². The number of hydrogen-bond acceptors (Lipinski definition) is 6. The number of hydrogen-bond donors (Lipinski definition) is 1. The van der Waals surface area contributed by atoms with Gasteiger partial charge in [0.25, 0.3) is 0 Å². The summed E-state index contributed by atoms with van der Waals surface area (Å²) in [6.07, 6.45) is 2.88. The second-order valence-electron chi connectivity index (χ2n) is 4.70. The lowest BCUT2D eigenvalue weighted by Crippen LogP contribution is -2.19. The minimum atomic E-state index is -0.731. The minimum absolute atomic E-state index is 0.170. The van der Waals surface area contributed by atoms with Crippen LogP contribution in [-0.4, -0.2) is 25.2 Å². The predicted molar refractivity (Wildman–Crippen MR) is 89.1 cm³/mol. The predicted octanol–water partition coefficient (Wildman–Crippen LogP) is 3.37. The molecule has 126 valence electrons. The molecular weight excluding hydrogens is 310 g/mol. The zero-order chi connectivity index (χ0) is 17.4. The van der Waals surface area contributed by atoms with Crippen molar-refractivity contribution in [2.75, 3.05) is 18.5 Å². The molecular formula is C18H19NO5. The number of ether oxygens (including phenoxy) is 2. The van der Waals surface area contributed by atoms with E-state index in [1.165, 1.54) is 6.20 Å². The van der Waals surface area contributed by atoms with Crippen molar-refractivity contribution >= 4 is 17.6 Å². The topological polar surface area (TPSA) is 77.8 Å². The quantitative estimate of drug-likeness (QED) is 0.363. The maximum atomic E-state index is 11.9. The first-order valence-electron chi connectivity index (χ1n) is 7.60. The average molecular weight is 329 g/mol. The summed E-state index contributed by atoms with van der Waals surface area (Å²) >= 11 is 0. The Kier molecular flexibility index (Phi) is 6.19. The zero-order valence-electron chi connectivity index (χ0n) is 13.6. The molecule has 24 heavy (non-hydrogen) atoms. The molecule has 0 saturated heterocycles. The monoisotopic (exact) mass is 329 g/mol. The fraction of sp³-hybridized carbons (Fsp3) is 0.222. The summed E-state index contributed by atoms with van der Waals surface area (Å²) in [5.41, 5.74) is 1.37. The van der Waals surface area contributed by atoms with Gasteiger partial charge in [-0.3, -0.25) is 0 Å². The van der Waals surface area contributed by atoms with Gasteiger partial charge in [-0.1, -0.05) is 12.1 Å². The molecule has 1 N–H and O–H groups in total. The standard InChI is InChI=1S/C18H19NO5/c1-3-22-17(20)15(18(21)23-4-2)12-19-14-8-5-7-13(11-14)16-9-6-10-24-16/h5-12,19H,3-4H2,1-2H3. The van der Waals surface area contributed by atoms with Crippen LogP contribution in [-0.2, 0) is 19.1 Å². The van der Waals surface area contributed by atoms with Gasteiger partial charge >= 0.3 is 11.9 Å². The van der Waals surface area contributed by atoms with E-state index in [2.05, 4.69) is 5.32 Å². The first-order chi connectivity index (χ1) is 11.7. The smallest absolute Gasteiger partial charge is 0.347 e. The Morgan fingerprint density at radius 2 is 1.79 bits per heavy atom. The summed E-state index contributed by atoms with van der Waals surface area (Å²) < 4.78 is 15.1. The van der Waals surface area contributed by atoms with E-state index in [1.807, 2.05) is 24.3 Å². The summed E-state index contributed by atoms with van der Waals surface area (Å²) in [5, 5.41) is 2.92. The van der Waals surface area contributed by atoms with Gasteiger partial charge in [-0.2, -0.15) is 0 Å². The van der Waals surface area contributed by atoms with Gasteiger partial charge in [-0.15, -0.1) is 0 Å². The summed E-state index contributed by atoms with van der Waals surface area (Å²) in [6.45, 7) is 3.68. The maximum absolute atomic E-state index is 11.9. The molecule has 0 unspecified atom stereocenters. The third-order valence-electron chi connectivity index (χ3n) is 3.04. The Hall–Kier alpha value is -3.02. The minimum Gasteiger partial charge on any atom is -0.464 e. The molecule has 0 aliphatic carbocycles. The highest BCUT2D eigenvalue weighted by Crippen LogP contribution is 2.23.